The quantitative estimate of drug-likeness (QED) is 0.589. The molecule has 0 aliphatic carbocycles. The summed E-state index contributed by atoms with van der Waals surface area (Å²) in [7, 11) is 1.92. The Morgan fingerprint density at radius 1 is 1.43 bits per heavy atom. The molecule has 0 saturated carbocycles. The minimum absolute atomic E-state index is 0.179. The first-order valence-electron chi connectivity index (χ1n) is 7.46. The minimum atomic E-state index is -1.01. The molecular weight excluding hydrogens is 272 g/mol. The van der Waals surface area contributed by atoms with Crippen LogP contribution in [0.1, 0.15) is 27.2 Å². The molecule has 1 aliphatic rings. The van der Waals surface area contributed by atoms with Crippen molar-refractivity contribution in [2.75, 3.05) is 33.2 Å². The third kappa shape index (κ3) is 3.93. The number of aliphatic hydroxyl groups is 1. The van der Waals surface area contributed by atoms with E-state index in [0.717, 1.165) is 6.42 Å². The predicted octanol–water partition coefficient (Wildman–Crippen LogP) is -1.25. The van der Waals surface area contributed by atoms with E-state index in [9.17, 15) is 14.7 Å². The molecule has 1 unspecified atom stereocenters. The summed E-state index contributed by atoms with van der Waals surface area (Å²) >= 11 is 0. The number of nitrogens with one attached hydrogen (secondary N) is 1. The molecule has 1 heterocycles. The molecular formula is C14H28N4O3. The number of rotatable bonds is 5. The van der Waals surface area contributed by atoms with Crippen molar-refractivity contribution < 1.29 is 14.7 Å². The van der Waals surface area contributed by atoms with Crippen LogP contribution in [0.15, 0.2) is 0 Å². The van der Waals surface area contributed by atoms with Crippen LogP contribution in [0, 0.1) is 0 Å². The highest BCUT2D eigenvalue weighted by molar-refractivity contribution is 5.93. The van der Waals surface area contributed by atoms with E-state index in [1.54, 1.807) is 6.92 Å². The van der Waals surface area contributed by atoms with Gasteiger partial charge in [0.15, 0.2) is 0 Å². The van der Waals surface area contributed by atoms with Crippen LogP contribution in [-0.4, -0.2) is 77.6 Å². The van der Waals surface area contributed by atoms with Gasteiger partial charge in [0, 0.05) is 26.2 Å². The molecule has 7 nitrogen and oxygen atoms in total. The first-order valence-corrected chi connectivity index (χ1v) is 7.46. The van der Waals surface area contributed by atoms with Crippen LogP contribution in [0.5, 0.6) is 0 Å². The van der Waals surface area contributed by atoms with Gasteiger partial charge in [-0.2, -0.15) is 0 Å². The molecule has 1 saturated heterocycles. The summed E-state index contributed by atoms with van der Waals surface area (Å²) < 4.78 is 0. The molecule has 1 rings (SSSR count). The number of nitrogens with two attached hydrogens (primary N) is 1. The molecule has 2 amide bonds. The van der Waals surface area contributed by atoms with E-state index in [1.807, 2.05) is 18.9 Å². The van der Waals surface area contributed by atoms with Gasteiger partial charge < -0.3 is 26.0 Å². The van der Waals surface area contributed by atoms with Crippen LogP contribution >= 0.6 is 0 Å². The molecule has 1 fully saturated rings. The van der Waals surface area contributed by atoms with Crippen molar-refractivity contribution in [3.8, 4) is 0 Å². The van der Waals surface area contributed by atoms with Crippen molar-refractivity contribution in [2.24, 2.45) is 5.73 Å². The van der Waals surface area contributed by atoms with E-state index in [0.29, 0.717) is 26.2 Å². The third-order valence-electron chi connectivity index (χ3n) is 3.97. The highest BCUT2D eigenvalue weighted by Gasteiger charge is 2.46. The zero-order valence-corrected chi connectivity index (χ0v) is 13.4. The van der Waals surface area contributed by atoms with Gasteiger partial charge in [-0.15, -0.1) is 0 Å². The van der Waals surface area contributed by atoms with Gasteiger partial charge in [-0.1, -0.05) is 6.92 Å². The van der Waals surface area contributed by atoms with Crippen molar-refractivity contribution in [1.29, 1.82) is 0 Å². The maximum atomic E-state index is 12.5. The molecule has 0 radical (unpaired) electrons. The average Bonchev–Trinajstić information content (AvgIpc) is 2.42. The number of nitrogens with zero attached hydrogens (tertiary/aromatic N) is 2. The van der Waals surface area contributed by atoms with Gasteiger partial charge in [0.2, 0.25) is 11.8 Å². The van der Waals surface area contributed by atoms with E-state index in [1.165, 1.54) is 11.8 Å². The lowest BCUT2D eigenvalue weighted by atomic mass is 9.93. The monoisotopic (exact) mass is 300 g/mol. The molecule has 3 atom stereocenters. The van der Waals surface area contributed by atoms with Gasteiger partial charge in [0.1, 0.15) is 11.6 Å². The number of hydrogen-bond acceptors (Lipinski definition) is 5. The fourth-order valence-electron chi connectivity index (χ4n) is 2.57. The maximum Gasteiger partial charge on any atom is 0.247 e. The second-order valence-corrected chi connectivity index (χ2v) is 6.02. The molecule has 7 heteroatoms. The van der Waals surface area contributed by atoms with Gasteiger partial charge in [0.25, 0.3) is 0 Å². The van der Waals surface area contributed by atoms with Crippen molar-refractivity contribution in [1.82, 2.24) is 15.1 Å². The van der Waals surface area contributed by atoms with E-state index in [4.69, 9.17) is 5.73 Å². The number of likely N-dealkylation sites (N-methyl/N-ethyl adjacent to an activating group) is 1. The lowest BCUT2D eigenvalue weighted by molar-refractivity contribution is -0.154. The summed E-state index contributed by atoms with van der Waals surface area (Å²) in [5, 5.41) is 12.4. The van der Waals surface area contributed by atoms with Crippen molar-refractivity contribution >= 4 is 11.8 Å². The maximum absolute atomic E-state index is 12.5. The van der Waals surface area contributed by atoms with Crippen LogP contribution in [-0.2, 0) is 9.59 Å². The number of aliphatic hydroxyl groups excluding tert-OH is 1. The summed E-state index contributed by atoms with van der Waals surface area (Å²) in [5.41, 5.74) is 4.79. The Morgan fingerprint density at radius 2 is 2.05 bits per heavy atom. The summed E-state index contributed by atoms with van der Waals surface area (Å²) in [5.74, 6) is -0.561. The number of carbonyl (C=O) groups is 2. The second-order valence-electron chi connectivity index (χ2n) is 6.02. The molecule has 4 N–H and O–H groups in total. The smallest absolute Gasteiger partial charge is 0.247 e. The highest BCUT2D eigenvalue weighted by atomic mass is 16.3. The molecule has 0 spiro atoms. The van der Waals surface area contributed by atoms with Gasteiger partial charge in [-0.3, -0.25) is 9.59 Å². The van der Waals surface area contributed by atoms with E-state index >= 15 is 0 Å². The van der Waals surface area contributed by atoms with Crippen molar-refractivity contribution in [2.45, 2.75) is 44.9 Å². The summed E-state index contributed by atoms with van der Waals surface area (Å²) in [6.45, 7) is 7.32. The molecule has 0 aromatic rings. The minimum Gasteiger partial charge on any atom is -0.391 e. The summed E-state index contributed by atoms with van der Waals surface area (Å²) in [6, 6.07) is -1.01. The van der Waals surface area contributed by atoms with Crippen LogP contribution in [0.3, 0.4) is 0 Å². The standard InChI is InChI=1S/C14H28N4O3/c1-5-6-16-13(21)14(3)9-17(4)7-8-18(14)12(20)11(15)10(2)19/h10-11,19H,5-9,15H2,1-4H3,(H,16,21)/t10-,11+,14?/m1/s1. The Bertz CT molecular complexity index is 388. The number of amides is 2. The average molecular weight is 300 g/mol. The lowest BCUT2D eigenvalue weighted by Crippen LogP contribution is -2.70. The first kappa shape index (κ1) is 17.9. The van der Waals surface area contributed by atoms with Crippen LogP contribution in [0.2, 0.25) is 0 Å². The Hall–Kier alpha value is -1.18. The van der Waals surface area contributed by atoms with Crippen molar-refractivity contribution in [3.63, 3.8) is 0 Å². The Balaban J connectivity index is 2.98. The molecule has 1 aliphatic heterocycles. The molecule has 0 aromatic heterocycles. The van der Waals surface area contributed by atoms with E-state index in [2.05, 4.69) is 5.32 Å². The Morgan fingerprint density at radius 3 is 2.57 bits per heavy atom. The summed E-state index contributed by atoms with van der Waals surface area (Å²) in [4.78, 5) is 28.5. The van der Waals surface area contributed by atoms with Crippen LogP contribution in [0.25, 0.3) is 0 Å². The lowest BCUT2D eigenvalue weighted by Gasteiger charge is -2.47. The van der Waals surface area contributed by atoms with Gasteiger partial charge in [0.05, 0.1) is 6.10 Å². The second kappa shape index (κ2) is 7.20. The normalized spacial score (nSPS) is 26.3. The predicted molar refractivity (Wildman–Crippen MR) is 80.6 cm³/mol. The SMILES string of the molecule is CCCNC(=O)C1(C)CN(C)CCN1C(=O)[C@@H](N)[C@@H](C)O. The van der Waals surface area contributed by atoms with E-state index in [-0.39, 0.29) is 11.8 Å². The molecule has 0 aromatic carbocycles. The Kier molecular flexibility index (Phi) is 6.12. The largest absolute Gasteiger partial charge is 0.391 e. The van der Waals surface area contributed by atoms with Crippen molar-refractivity contribution in [3.05, 3.63) is 0 Å². The molecule has 21 heavy (non-hydrogen) atoms. The number of hydrogen-bond donors (Lipinski definition) is 3. The molecule has 122 valence electrons. The fourth-order valence-corrected chi connectivity index (χ4v) is 2.57. The Labute approximate surface area is 126 Å². The summed E-state index contributed by atoms with van der Waals surface area (Å²) in [6.07, 6.45) is -0.112. The zero-order chi connectivity index (χ0) is 16.2. The highest BCUT2D eigenvalue weighted by Crippen LogP contribution is 2.22. The number of piperazine rings is 1. The molecule has 0 bridgehead atoms. The van der Waals surface area contributed by atoms with Crippen LogP contribution < -0.4 is 11.1 Å². The van der Waals surface area contributed by atoms with E-state index < -0.39 is 17.7 Å². The fraction of sp³-hybridized carbons (Fsp3) is 0.857. The topological polar surface area (TPSA) is 98.9 Å². The van der Waals surface area contributed by atoms with Gasteiger partial charge >= 0.3 is 0 Å². The van der Waals surface area contributed by atoms with Crippen LogP contribution in [0.4, 0.5) is 0 Å². The first-order chi connectivity index (χ1) is 9.74. The zero-order valence-electron chi connectivity index (χ0n) is 13.4. The van der Waals surface area contributed by atoms with Gasteiger partial charge in [-0.25, -0.2) is 0 Å². The van der Waals surface area contributed by atoms with Gasteiger partial charge in [-0.05, 0) is 27.3 Å². The third-order valence-corrected chi connectivity index (χ3v) is 3.97. The number of carbonyl (C=O) groups excluding carboxylic acids is 2.